The van der Waals surface area contributed by atoms with Gasteiger partial charge in [-0.25, -0.2) is 8.78 Å². The van der Waals surface area contributed by atoms with Crippen molar-refractivity contribution in [3.8, 4) is 0 Å². The van der Waals surface area contributed by atoms with Crippen molar-refractivity contribution in [1.82, 2.24) is 0 Å². The molecule has 78 valence electrons. The van der Waals surface area contributed by atoms with Crippen molar-refractivity contribution < 1.29 is 13.9 Å². The summed E-state index contributed by atoms with van der Waals surface area (Å²) in [7, 11) is 0. The summed E-state index contributed by atoms with van der Waals surface area (Å²) < 4.78 is 25.7. The van der Waals surface area contributed by atoms with Gasteiger partial charge in [0, 0.05) is 6.92 Å². The van der Waals surface area contributed by atoms with Crippen LogP contribution >= 0.6 is 0 Å². The molecule has 0 aliphatic heterocycles. The highest BCUT2D eigenvalue weighted by atomic mass is 19.3. The molecule has 0 saturated carbocycles. The van der Waals surface area contributed by atoms with Crippen molar-refractivity contribution >= 4 is 0 Å². The Balaban J connectivity index is 3.06. The molecule has 0 fully saturated rings. The van der Waals surface area contributed by atoms with Crippen LogP contribution in [0.4, 0.5) is 8.78 Å². The predicted molar refractivity (Wildman–Crippen MR) is 51.4 cm³/mol. The molecule has 1 atom stereocenters. The lowest BCUT2D eigenvalue weighted by Gasteiger charge is -2.20. The van der Waals surface area contributed by atoms with Gasteiger partial charge in [0.2, 0.25) is 0 Å². The molecule has 0 spiro atoms. The van der Waals surface area contributed by atoms with Crippen LogP contribution < -0.4 is 0 Å². The molecule has 1 N–H and O–H groups in total. The van der Waals surface area contributed by atoms with Crippen LogP contribution in [0.3, 0.4) is 0 Å². The first kappa shape index (κ1) is 11.1. The molecule has 0 saturated heterocycles. The monoisotopic (exact) mass is 200 g/mol. The van der Waals surface area contributed by atoms with Gasteiger partial charge < -0.3 is 5.11 Å². The Morgan fingerprint density at radius 1 is 1.36 bits per heavy atom. The lowest BCUT2D eigenvalue weighted by molar-refractivity contribution is -0.0957. The summed E-state index contributed by atoms with van der Waals surface area (Å²) in [6.45, 7) is 2.60. The van der Waals surface area contributed by atoms with Gasteiger partial charge in [-0.3, -0.25) is 0 Å². The van der Waals surface area contributed by atoms with Crippen LogP contribution in [-0.4, -0.2) is 11.0 Å². The molecule has 14 heavy (non-hydrogen) atoms. The number of alkyl halides is 2. The molecule has 0 heterocycles. The first-order chi connectivity index (χ1) is 6.46. The summed E-state index contributed by atoms with van der Waals surface area (Å²) in [5, 5.41) is 9.42. The highest BCUT2D eigenvalue weighted by Gasteiger charge is 2.34. The Bertz CT molecular complexity index is 304. The molecule has 1 rings (SSSR count). The van der Waals surface area contributed by atoms with Gasteiger partial charge in [-0.15, -0.1) is 0 Å². The lowest BCUT2D eigenvalue weighted by Crippen LogP contribution is -2.22. The SMILES string of the molecule is CCc1ccccc1C(O)C(C)(F)F. The number of aliphatic hydroxyl groups is 1. The van der Waals surface area contributed by atoms with Gasteiger partial charge in [-0.1, -0.05) is 31.2 Å². The van der Waals surface area contributed by atoms with Crippen molar-refractivity contribution in [2.75, 3.05) is 0 Å². The maximum atomic E-state index is 12.9. The Hall–Kier alpha value is -0.960. The second kappa shape index (κ2) is 4.05. The topological polar surface area (TPSA) is 20.2 Å². The van der Waals surface area contributed by atoms with Gasteiger partial charge in [0.15, 0.2) is 0 Å². The fourth-order valence-electron chi connectivity index (χ4n) is 1.40. The summed E-state index contributed by atoms with van der Waals surface area (Å²) >= 11 is 0. The van der Waals surface area contributed by atoms with E-state index in [2.05, 4.69) is 0 Å². The molecule has 3 heteroatoms. The van der Waals surface area contributed by atoms with E-state index in [0.717, 1.165) is 12.5 Å². The Morgan fingerprint density at radius 3 is 2.43 bits per heavy atom. The molecule has 1 unspecified atom stereocenters. The summed E-state index contributed by atoms with van der Waals surface area (Å²) in [6.07, 6.45) is -1.07. The number of aryl methyl sites for hydroxylation is 1. The molecule has 0 aromatic heterocycles. The zero-order valence-electron chi connectivity index (χ0n) is 8.30. The number of benzene rings is 1. The molecule has 1 aromatic rings. The number of aliphatic hydroxyl groups excluding tert-OH is 1. The number of hydrogen-bond donors (Lipinski definition) is 1. The maximum Gasteiger partial charge on any atom is 0.274 e. The van der Waals surface area contributed by atoms with Crippen LogP contribution in [0.25, 0.3) is 0 Å². The highest BCUT2D eigenvalue weighted by Crippen LogP contribution is 2.32. The summed E-state index contributed by atoms with van der Waals surface area (Å²) in [4.78, 5) is 0. The minimum atomic E-state index is -3.09. The van der Waals surface area contributed by atoms with Crippen LogP contribution in [0.2, 0.25) is 0 Å². The Morgan fingerprint density at radius 2 is 1.93 bits per heavy atom. The molecule has 0 aliphatic rings. The van der Waals surface area contributed by atoms with Gasteiger partial charge in [0.05, 0.1) is 0 Å². The summed E-state index contributed by atoms with van der Waals surface area (Å²) in [5.74, 6) is -3.09. The zero-order valence-corrected chi connectivity index (χ0v) is 8.30. The number of hydrogen-bond acceptors (Lipinski definition) is 1. The zero-order chi connectivity index (χ0) is 10.8. The van der Waals surface area contributed by atoms with Crippen molar-refractivity contribution in [3.63, 3.8) is 0 Å². The second-order valence-corrected chi connectivity index (χ2v) is 3.41. The predicted octanol–water partition coefficient (Wildman–Crippen LogP) is 2.94. The van der Waals surface area contributed by atoms with E-state index in [-0.39, 0.29) is 0 Å². The third-order valence-corrected chi connectivity index (χ3v) is 2.21. The molecular weight excluding hydrogens is 186 g/mol. The fraction of sp³-hybridized carbons (Fsp3) is 0.455. The van der Waals surface area contributed by atoms with E-state index < -0.39 is 12.0 Å². The number of rotatable bonds is 3. The molecule has 1 nitrogen and oxygen atoms in total. The van der Waals surface area contributed by atoms with Crippen molar-refractivity contribution in [1.29, 1.82) is 0 Å². The van der Waals surface area contributed by atoms with Gasteiger partial charge in [-0.05, 0) is 17.5 Å². The maximum absolute atomic E-state index is 12.9. The average molecular weight is 200 g/mol. The van der Waals surface area contributed by atoms with E-state index >= 15 is 0 Å². The van der Waals surface area contributed by atoms with Gasteiger partial charge in [0.25, 0.3) is 5.92 Å². The fourth-order valence-corrected chi connectivity index (χ4v) is 1.40. The molecule has 0 radical (unpaired) electrons. The van der Waals surface area contributed by atoms with Gasteiger partial charge in [0.1, 0.15) is 6.10 Å². The lowest BCUT2D eigenvalue weighted by atomic mass is 9.97. The third-order valence-electron chi connectivity index (χ3n) is 2.21. The van der Waals surface area contributed by atoms with Crippen LogP contribution in [0, 0.1) is 0 Å². The molecule has 1 aromatic carbocycles. The summed E-state index contributed by atoms with van der Waals surface area (Å²) in [5.41, 5.74) is 1.09. The normalized spacial score (nSPS) is 14.1. The smallest absolute Gasteiger partial charge is 0.274 e. The van der Waals surface area contributed by atoms with Crippen molar-refractivity contribution in [2.45, 2.75) is 32.3 Å². The van der Waals surface area contributed by atoms with Gasteiger partial charge in [-0.2, -0.15) is 0 Å². The molecular formula is C11H14F2O. The quantitative estimate of drug-likeness (QED) is 0.795. The minimum absolute atomic E-state index is 0.322. The number of halogens is 2. The average Bonchev–Trinajstić information content (AvgIpc) is 2.15. The van der Waals surface area contributed by atoms with Crippen LogP contribution in [0.1, 0.15) is 31.1 Å². The van der Waals surface area contributed by atoms with Gasteiger partial charge >= 0.3 is 0 Å². The van der Waals surface area contributed by atoms with Crippen molar-refractivity contribution in [3.05, 3.63) is 35.4 Å². The van der Waals surface area contributed by atoms with Crippen LogP contribution in [0.15, 0.2) is 24.3 Å². The molecule has 0 amide bonds. The Labute approximate surface area is 82.4 Å². The van der Waals surface area contributed by atoms with E-state index in [0.29, 0.717) is 12.0 Å². The van der Waals surface area contributed by atoms with E-state index in [9.17, 15) is 13.9 Å². The standard InChI is InChI=1S/C11H14F2O/c1-3-8-6-4-5-7-9(8)10(14)11(2,12)13/h4-7,10,14H,3H2,1-2H3. The van der Waals surface area contributed by atoms with Crippen molar-refractivity contribution in [2.24, 2.45) is 0 Å². The summed E-state index contributed by atoms with van der Waals surface area (Å²) in [6, 6.07) is 6.73. The van der Waals surface area contributed by atoms with E-state index in [1.807, 2.05) is 6.92 Å². The minimum Gasteiger partial charge on any atom is -0.382 e. The third kappa shape index (κ3) is 2.29. The van der Waals surface area contributed by atoms with E-state index in [4.69, 9.17) is 0 Å². The van der Waals surface area contributed by atoms with E-state index in [1.54, 1.807) is 24.3 Å². The van der Waals surface area contributed by atoms with Crippen LogP contribution in [0.5, 0.6) is 0 Å². The second-order valence-electron chi connectivity index (χ2n) is 3.41. The highest BCUT2D eigenvalue weighted by molar-refractivity contribution is 5.30. The first-order valence-corrected chi connectivity index (χ1v) is 4.60. The molecule has 0 aliphatic carbocycles. The Kier molecular flexibility index (Phi) is 3.21. The largest absolute Gasteiger partial charge is 0.382 e. The molecule has 0 bridgehead atoms. The first-order valence-electron chi connectivity index (χ1n) is 4.60. The van der Waals surface area contributed by atoms with Crippen LogP contribution in [-0.2, 0) is 6.42 Å². The van der Waals surface area contributed by atoms with E-state index in [1.165, 1.54) is 0 Å².